The average Bonchev–Trinajstić information content (AvgIpc) is 2.96. The highest BCUT2D eigenvalue weighted by Crippen LogP contribution is 2.20. The standard InChI is InChI=1S/C18H18N4OS2/c1-12-4-3-5-13(10-12)17-20-21-18(24)22(17)11-16(23)19-14-6-8-15(25-2)9-7-14/h3-10H,11H2,1-2H3,(H,19,23)(H,21,24). The van der Waals surface area contributed by atoms with E-state index >= 15 is 0 Å². The number of hydrogen-bond donors (Lipinski definition) is 2. The molecule has 0 aliphatic rings. The van der Waals surface area contributed by atoms with Crippen molar-refractivity contribution in [2.75, 3.05) is 11.6 Å². The second-order valence-electron chi connectivity index (χ2n) is 5.58. The van der Waals surface area contributed by atoms with Crippen LogP contribution in [-0.2, 0) is 11.3 Å². The fraction of sp³-hybridized carbons (Fsp3) is 0.167. The fourth-order valence-electron chi connectivity index (χ4n) is 2.49. The van der Waals surface area contributed by atoms with Crippen LogP contribution in [0.2, 0.25) is 0 Å². The number of carbonyl (C=O) groups excluding carboxylic acids is 1. The Morgan fingerprint density at radius 1 is 1.28 bits per heavy atom. The number of amides is 1. The zero-order valence-corrected chi connectivity index (χ0v) is 15.6. The van der Waals surface area contributed by atoms with Crippen LogP contribution in [-0.4, -0.2) is 26.9 Å². The Labute approximate surface area is 155 Å². The molecule has 0 fully saturated rings. The summed E-state index contributed by atoms with van der Waals surface area (Å²) in [6.45, 7) is 2.11. The number of carbonyl (C=O) groups is 1. The fourth-order valence-corrected chi connectivity index (χ4v) is 3.09. The predicted molar refractivity (Wildman–Crippen MR) is 104 cm³/mol. The van der Waals surface area contributed by atoms with Crippen LogP contribution in [0.25, 0.3) is 11.4 Å². The molecule has 0 saturated carbocycles. The first-order valence-corrected chi connectivity index (χ1v) is 9.36. The molecule has 7 heteroatoms. The summed E-state index contributed by atoms with van der Waals surface area (Å²) < 4.78 is 2.12. The van der Waals surface area contributed by atoms with Crippen LogP contribution in [0.4, 0.5) is 5.69 Å². The van der Waals surface area contributed by atoms with Crippen molar-refractivity contribution in [1.29, 1.82) is 0 Å². The predicted octanol–water partition coefficient (Wildman–Crippen LogP) is 4.28. The van der Waals surface area contributed by atoms with Crippen molar-refractivity contribution in [1.82, 2.24) is 14.8 Å². The molecule has 5 nitrogen and oxygen atoms in total. The first-order chi connectivity index (χ1) is 12.1. The summed E-state index contributed by atoms with van der Waals surface area (Å²) in [5, 5.41) is 9.94. The Kier molecular flexibility index (Phi) is 5.35. The van der Waals surface area contributed by atoms with Gasteiger partial charge >= 0.3 is 0 Å². The van der Waals surface area contributed by atoms with Crippen molar-refractivity contribution in [2.45, 2.75) is 18.4 Å². The van der Waals surface area contributed by atoms with Crippen LogP contribution in [0.5, 0.6) is 0 Å². The molecule has 128 valence electrons. The van der Waals surface area contributed by atoms with Gasteiger partial charge in [0.05, 0.1) is 0 Å². The molecule has 1 amide bonds. The van der Waals surface area contributed by atoms with Crippen molar-refractivity contribution in [3.63, 3.8) is 0 Å². The van der Waals surface area contributed by atoms with Crippen molar-refractivity contribution in [3.05, 3.63) is 58.9 Å². The molecule has 0 aliphatic carbocycles. The van der Waals surface area contributed by atoms with Gasteiger partial charge in [0, 0.05) is 16.1 Å². The van der Waals surface area contributed by atoms with Gasteiger partial charge in [0.1, 0.15) is 6.54 Å². The lowest BCUT2D eigenvalue weighted by molar-refractivity contribution is -0.116. The van der Waals surface area contributed by atoms with E-state index < -0.39 is 0 Å². The van der Waals surface area contributed by atoms with Gasteiger partial charge in [-0.3, -0.25) is 14.5 Å². The minimum absolute atomic E-state index is 0.100. The number of aromatic amines is 1. The molecule has 3 aromatic rings. The molecule has 0 radical (unpaired) electrons. The lowest BCUT2D eigenvalue weighted by atomic mass is 10.1. The van der Waals surface area contributed by atoms with E-state index in [-0.39, 0.29) is 12.5 Å². The Bertz CT molecular complexity index is 944. The van der Waals surface area contributed by atoms with Gasteiger partial charge in [0.2, 0.25) is 5.91 Å². The van der Waals surface area contributed by atoms with E-state index in [1.54, 1.807) is 16.3 Å². The van der Waals surface area contributed by atoms with Gasteiger partial charge in [-0.05, 0) is 55.7 Å². The van der Waals surface area contributed by atoms with Gasteiger partial charge in [-0.15, -0.1) is 11.8 Å². The number of anilines is 1. The summed E-state index contributed by atoms with van der Waals surface area (Å²) >= 11 is 6.94. The Hall–Kier alpha value is -2.38. The van der Waals surface area contributed by atoms with Crippen LogP contribution in [0.1, 0.15) is 5.56 Å². The van der Waals surface area contributed by atoms with E-state index in [0.29, 0.717) is 10.6 Å². The molecular weight excluding hydrogens is 352 g/mol. The third-order valence-electron chi connectivity index (χ3n) is 3.71. The summed E-state index contributed by atoms with van der Waals surface area (Å²) in [6.07, 6.45) is 2.01. The Balaban J connectivity index is 1.79. The van der Waals surface area contributed by atoms with E-state index in [4.69, 9.17) is 12.2 Å². The minimum Gasteiger partial charge on any atom is -0.325 e. The first kappa shape index (κ1) is 17.4. The topological polar surface area (TPSA) is 62.7 Å². The van der Waals surface area contributed by atoms with E-state index in [0.717, 1.165) is 21.7 Å². The SMILES string of the molecule is CSc1ccc(NC(=O)Cn2c(-c3cccc(C)c3)n[nH]c2=S)cc1. The van der Waals surface area contributed by atoms with Gasteiger partial charge in [-0.2, -0.15) is 5.10 Å². The molecule has 0 spiro atoms. The first-order valence-electron chi connectivity index (χ1n) is 7.73. The van der Waals surface area contributed by atoms with E-state index in [1.807, 2.05) is 61.7 Å². The zero-order chi connectivity index (χ0) is 17.8. The third-order valence-corrected chi connectivity index (χ3v) is 4.77. The van der Waals surface area contributed by atoms with Crippen molar-refractivity contribution >= 4 is 35.6 Å². The second-order valence-corrected chi connectivity index (χ2v) is 6.85. The normalized spacial score (nSPS) is 10.6. The Morgan fingerprint density at radius 2 is 2.04 bits per heavy atom. The minimum atomic E-state index is -0.150. The van der Waals surface area contributed by atoms with Crippen molar-refractivity contribution < 1.29 is 4.79 Å². The number of hydrogen-bond acceptors (Lipinski definition) is 4. The maximum atomic E-state index is 12.4. The number of aryl methyl sites for hydroxylation is 1. The van der Waals surface area contributed by atoms with E-state index in [2.05, 4.69) is 15.5 Å². The highest BCUT2D eigenvalue weighted by Gasteiger charge is 2.12. The van der Waals surface area contributed by atoms with Crippen LogP contribution in [0.3, 0.4) is 0 Å². The lowest BCUT2D eigenvalue weighted by Gasteiger charge is -2.09. The molecule has 1 heterocycles. The number of rotatable bonds is 5. The molecule has 25 heavy (non-hydrogen) atoms. The summed E-state index contributed by atoms with van der Waals surface area (Å²) in [5.41, 5.74) is 2.80. The molecule has 2 aromatic carbocycles. The number of benzene rings is 2. The molecule has 3 rings (SSSR count). The quantitative estimate of drug-likeness (QED) is 0.520. The van der Waals surface area contributed by atoms with Crippen LogP contribution in [0.15, 0.2) is 53.4 Å². The van der Waals surface area contributed by atoms with E-state index in [9.17, 15) is 4.79 Å². The second kappa shape index (κ2) is 7.67. The molecule has 0 aliphatic heterocycles. The molecular formula is C18H18N4OS2. The molecule has 0 unspecified atom stereocenters. The van der Waals surface area contributed by atoms with Crippen molar-refractivity contribution in [3.8, 4) is 11.4 Å². The Morgan fingerprint density at radius 3 is 2.72 bits per heavy atom. The monoisotopic (exact) mass is 370 g/mol. The van der Waals surface area contributed by atoms with Gasteiger partial charge in [0.15, 0.2) is 10.6 Å². The molecule has 0 bridgehead atoms. The number of nitrogens with zero attached hydrogens (tertiary/aromatic N) is 2. The van der Waals surface area contributed by atoms with Crippen molar-refractivity contribution in [2.24, 2.45) is 0 Å². The number of H-pyrrole nitrogens is 1. The highest BCUT2D eigenvalue weighted by atomic mass is 32.2. The average molecular weight is 371 g/mol. The van der Waals surface area contributed by atoms with Crippen LogP contribution in [0, 0.1) is 11.7 Å². The van der Waals surface area contributed by atoms with Gasteiger partial charge in [0.25, 0.3) is 0 Å². The van der Waals surface area contributed by atoms with Crippen LogP contribution >= 0.6 is 24.0 Å². The van der Waals surface area contributed by atoms with E-state index in [1.165, 1.54) is 0 Å². The van der Waals surface area contributed by atoms with Gasteiger partial charge in [-0.1, -0.05) is 23.8 Å². The summed E-state index contributed by atoms with van der Waals surface area (Å²) in [4.78, 5) is 13.6. The largest absolute Gasteiger partial charge is 0.325 e. The van der Waals surface area contributed by atoms with Gasteiger partial charge in [-0.25, -0.2) is 0 Å². The summed E-state index contributed by atoms with van der Waals surface area (Å²) in [6, 6.07) is 15.7. The molecule has 2 N–H and O–H groups in total. The lowest BCUT2D eigenvalue weighted by Crippen LogP contribution is -2.19. The maximum absolute atomic E-state index is 12.4. The highest BCUT2D eigenvalue weighted by molar-refractivity contribution is 7.98. The molecule has 0 atom stereocenters. The maximum Gasteiger partial charge on any atom is 0.244 e. The third kappa shape index (κ3) is 4.18. The summed E-state index contributed by atoms with van der Waals surface area (Å²) in [5.74, 6) is 0.505. The van der Waals surface area contributed by atoms with Gasteiger partial charge < -0.3 is 5.32 Å². The molecule has 1 aromatic heterocycles. The smallest absolute Gasteiger partial charge is 0.244 e. The number of nitrogens with one attached hydrogen (secondary N) is 2. The summed E-state index contributed by atoms with van der Waals surface area (Å²) in [7, 11) is 0. The van der Waals surface area contributed by atoms with Crippen LogP contribution < -0.4 is 5.32 Å². The number of thioether (sulfide) groups is 1. The number of aromatic nitrogens is 3. The molecule has 0 saturated heterocycles. The zero-order valence-electron chi connectivity index (χ0n) is 13.9.